The molecular weight excluding hydrogens is 154 g/mol. The van der Waals surface area contributed by atoms with Crippen LogP contribution < -0.4 is 0 Å². The highest BCUT2D eigenvalue weighted by Crippen LogP contribution is 2.30. The van der Waals surface area contributed by atoms with Crippen LogP contribution in [0.15, 0.2) is 0 Å². The second kappa shape index (κ2) is 3.32. The Morgan fingerprint density at radius 1 is 1.58 bits per heavy atom. The van der Waals surface area contributed by atoms with Gasteiger partial charge in [-0.3, -0.25) is 4.90 Å². The summed E-state index contributed by atoms with van der Waals surface area (Å²) in [6.45, 7) is 7.00. The molecule has 1 saturated heterocycles. The summed E-state index contributed by atoms with van der Waals surface area (Å²) in [5, 5.41) is 18.7. The largest absolute Gasteiger partial charge is 0.394 e. The Hall–Kier alpha value is -0.120. The number of aliphatic hydroxyl groups is 2. The Morgan fingerprint density at radius 2 is 2.17 bits per heavy atom. The monoisotopic (exact) mass is 173 g/mol. The first-order valence-electron chi connectivity index (χ1n) is 4.55. The van der Waals surface area contributed by atoms with Gasteiger partial charge in [0.05, 0.1) is 12.7 Å². The van der Waals surface area contributed by atoms with E-state index < -0.39 is 0 Å². The Labute approximate surface area is 74.0 Å². The lowest BCUT2D eigenvalue weighted by Gasteiger charge is -2.36. The molecule has 1 rings (SSSR count). The minimum absolute atomic E-state index is 0.127. The lowest BCUT2D eigenvalue weighted by atomic mass is 9.98. The summed E-state index contributed by atoms with van der Waals surface area (Å²) in [7, 11) is 0. The van der Waals surface area contributed by atoms with Gasteiger partial charge in [-0.1, -0.05) is 0 Å². The third kappa shape index (κ3) is 1.63. The molecule has 2 atom stereocenters. The fourth-order valence-corrected chi connectivity index (χ4v) is 2.13. The molecule has 0 aromatic rings. The van der Waals surface area contributed by atoms with Crippen molar-refractivity contribution in [1.82, 2.24) is 4.90 Å². The summed E-state index contributed by atoms with van der Waals surface area (Å²) in [5.41, 5.74) is -0.215. The van der Waals surface area contributed by atoms with Crippen molar-refractivity contribution in [1.29, 1.82) is 0 Å². The molecule has 0 aliphatic carbocycles. The Kier molecular flexibility index (Phi) is 2.76. The van der Waals surface area contributed by atoms with Gasteiger partial charge in [0.1, 0.15) is 0 Å². The number of rotatable bonds is 2. The molecule has 0 radical (unpaired) electrons. The van der Waals surface area contributed by atoms with Crippen LogP contribution in [0, 0.1) is 0 Å². The topological polar surface area (TPSA) is 43.7 Å². The van der Waals surface area contributed by atoms with Gasteiger partial charge in [-0.2, -0.15) is 0 Å². The van der Waals surface area contributed by atoms with Crippen molar-refractivity contribution in [3.05, 3.63) is 0 Å². The molecule has 2 unspecified atom stereocenters. The molecule has 0 aromatic carbocycles. The van der Waals surface area contributed by atoms with Gasteiger partial charge < -0.3 is 10.2 Å². The van der Waals surface area contributed by atoms with E-state index >= 15 is 0 Å². The van der Waals surface area contributed by atoms with Gasteiger partial charge in [-0.25, -0.2) is 0 Å². The summed E-state index contributed by atoms with van der Waals surface area (Å²) in [6.07, 6.45) is 0.409. The lowest BCUT2D eigenvalue weighted by Crippen LogP contribution is -2.47. The minimum atomic E-state index is -0.274. The molecule has 0 aromatic heterocycles. The van der Waals surface area contributed by atoms with Gasteiger partial charge in [-0.05, 0) is 27.2 Å². The Balaban J connectivity index is 2.72. The van der Waals surface area contributed by atoms with E-state index in [0.717, 1.165) is 0 Å². The molecule has 1 heterocycles. The maximum absolute atomic E-state index is 9.46. The zero-order valence-electron chi connectivity index (χ0n) is 8.12. The van der Waals surface area contributed by atoms with Crippen LogP contribution in [0.3, 0.4) is 0 Å². The van der Waals surface area contributed by atoms with Crippen LogP contribution in [0.25, 0.3) is 0 Å². The van der Waals surface area contributed by atoms with Gasteiger partial charge in [0, 0.05) is 18.1 Å². The molecule has 0 amide bonds. The van der Waals surface area contributed by atoms with E-state index in [1.54, 1.807) is 0 Å². The highest BCUT2D eigenvalue weighted by atomic mass is 16.3. The van der Waals surface area contributed by atoms with Crippen molar-refractivity contribution in [2.45, 2.75) is 44.9 Å². The smallest absolute Gasteiger partial charge is 0.0685 e. The van der Waals surface area contributed by atoms with Crippen LogP contribution in [-0.2, 0) is 0 Å². The average Bonchev–Trinajstić information content (AvgIpc) is 2.27. The van der Waals surface area contributed by atoms with Crippen molar-refractivity contribution >= 4 is 0 Å². The quantitative estimate of drug-likeness (QED) is 0.627. The number of nitrogens with zero attached hydrogens (tertiary/aromatic N) is 1. The number of β-amino-alcohol motifs (C(OH)–C–C–N with tert-alkyl or cyclic N) is 1. The molecule has 0 spiro atoms. The van der Waals surface area contributed by atoms with E-state index in [9.17, 15) is 10.2 Å². The molecule has 72 valence electrons. The van der Waals surface area contributed by atoms with Crippen LogP contribution in [0.4, 0.5) is 0 Å². The third-order valence-corrected chi connectivity index (χ3v) is 2.74. The molecule has 0 saturated carbocycles. The summed E-state index contributed by atoms with van der Waals surface area (Å²) in [4.78, 5) is 2.16. The van der Waals surface area contributed by atoms with Gasteiger partial charge in [0.2, 0.25) is 0 Å². The van der Waals surface area contributed by atoms with E-state index in [-0.39, 0.29) is 18.2 Å². The summed E-state index contributed by atoms with van der Waals surface area (Å²) >= 11 is 0. The molecule has 1 aliphatic heterocycles. The molecule has 12 heavy (non-hydrogen) atoms. The van der Waals surface area contributed by atoms with Gasteiger partial charge in [-0.15, -0.1) is 0 Å². The molecule has 3 heteroatoms. The van der Waals surface area contributed by atoms with Crippen molar-refractivity contribution in [3.8, 4) is 0 Å². The Bertz CT molecular complexity index is 161. The second-order valence-corrected chi connectivity index (χ2v) is 4.26. The summed E-state index contributed by atoms with van der Waals surface area (Å²) in [5.74, 6) is 0. The standard InChI is InChI=1S/C9H19NO2/c1-7(2)10-5-8(12)4-9(10,3)6-11/h7-8,11-12H,4-6H2,1-3H3. The van der Waals surface area contributed by atoms with E-state index in [4.69, 9.17) is 0 Å². The highest BCUT2D eigenvalue weighted by Gasteiger charge is 2.41. The first kappa shape index (κ1) is 9.96. The number of likely N-dealkylation sites (tertiary alicyclic amines) is 1. The van der Waals surface area contributed by atoms with Crippen LogP contribution in [0.2, 0.25) is 0 Å². The predicted molar refractivity (Wildman–Crippen MR) is 48.0 cm³/mol. The first-order chi connectivity index (χ1) is 5.49. The maximum Gasteiger partial charge on any atom is 0.0685 e. The fourth-order valence-electron chi connectivity index (χ4n) is 2.13. The molecular formula is C9H19NO2. The first-order valence-corrected chi connectivity index (χ1v) is 4.55. The average molecular weight is 173 g/mol. The maximum atomic E-state index is 9.46. The molecule has 0 bridgehead atoms. The van der Waals surface area contributed by atoms with Gasteiger partial charge in [0.15, 0.2) is 0 Å². The van der Waals surface area contributed by atoms with Crippen molar-refractivity contribution in [2.24, 2.45) is 0 Å². The van der Waals surface area contributed by atoms with Crippen LogP contribution >= 0.6 is 0 Å². The highest BCUT2D eigenvalue weighted by molar-refractivity contribution is 4.97. The van der Waals surface area contributed by atoms with E-state index in [1.807, 2.05) is 6.92 Å². The number of hydrogen-bond donors (Lipinski definition) is 2. The van der Waals surface area contributed by atoms with Gasteiger partial charge in [0.25, 0.3) is 0 Å². The van der Waals surface area contributed by atoms with Gasteiger partial charge >= 0.3 is 0 Å². The predicted octanol–water partition coefficient (Wildman–Crippen LogP) is 0.212. The summed E-state index contributed by atoms with van der Waals surface area (Å²) in [6, 6.07) is 0.388. The van der Waals surface area contributed by atoms with Crippen LogP contribution in [0.5, 0.6) is 0 Å². The molecule has 3 nitrogen and oxygen atoms in total. The van der Waals surface area contributed by atoms with Crippen LogP contribution in [-0.4, -0.2) is 45.9 Å². The second-order valence-electron chi connectivity index (χ2n) is 4.26. The van der Waals surface area contributed by atoms with E-state index in [2.05, 4.69) is 18.7 Å². The van der Waals surface area contributed by atoms with Crippen molar-refractivity contribution in [2.75, 3.05) is 13.2 Å². The molecule has 1 aliphatic rings. The minimum Gasteiger partial charge on any atom is -0.394 e. The summed E-state index contributed by atoms with van der Waals surface area (Å²) < 4.78 is 0. The van der Waals surface area contributed by atoms with Crippen molar-refractivity contribution in [3.63, 3.8) is 0 Å². The van der Waals surface area contributed by atoms with Crippen molar-refractivity contribution < 1.29 is 10.2 Å². The zero-order chi connectivity index (χ0) is 9.35. The normalized spacial score (nSPS) is 38.0. The zero-order valence-corrected chi connectivity index (χ0v) is 8.12. The SMILES string of the molecule is CC(C)N1CC(O)CC1(C)CO. The number of aliphatic hydroxyl groups excluding tert-OH is 2. The fraction of sp³-hybridized carbons (Fsp3) is 1.00. The third-order valence-electron chi connectivity index (χ3n) is 2.74. The van der Waals surface area contributed by atoms with Crippen LogP contribution in [0.1, 0.15) is 27.2 Å². The van der Waals surface area contributed by atoms with E-state index in [1.165, 1.54) is 0 Å². The van der Waals surface area contributed by atoms with E-state index in [0.29, 0.717) is 19.0 Å². The lowest BCUT2D eigenvalue weighted by molar-refractivity contribution is 0.0562. The number of hydrogen-bond acceptors (Lipinski definition) is 3. The Morgan fingerprint density at radius 3 is 2.50 bits per heavy atom. The molecule has 2 N–H and O–H groups in total. The molecule has 1 fully saturated rings.